The summed E-state index contributed by atoms with van der Waals surface area (Å²) < 4.78 is 0. The number of hydrogen-bond acceptors (Lipinski definition) is 3. The minimum Gasteiger partial charge on any atom is -0.353 e. The van der Waals surface area contributed by atoms with Gasteiger partial charge in [-0.25, -0.2) is 0 Å². The maximum atomic E-state index is 11.8. The van der Waals surface area contributed by atoms with Crippen LogP contribution >= 0.6 is 0 Å². The van der Waals surface area contributed by atoms with Crippen molar-refractivity contribution < 1.29 is 4.79 Å². The normalized spacial score (nSPS) is 12.5. The second-order valence-corrected chi connectivity index (χ2v) is 5.07. The van der Waals surface area contributed by atoms with Crippen LogP contribution in [0, 0.1) is 0 Å². The number of hydrogen-bond donors (Lipinski definition) is 2. The van der Waals surface area contributed by atoms with Crippen LogP contribution in [-0.4, -0.2) is 30.4 Å². The van der Waals surface area contributed by atoms with Crippen LogP contribution in [0.1, 0.15) is 31.4 Å². The van der Waals surface area contributed by atoms with E-state index in [1.54, 1.807) is 0 Å². The van der Waals surface area contributed by atoms with Gasteiger partial charge in [-0.1, -0.05) is 31.2 Å². The Balaban J connectivity index is 2.45. The Kier molecular flexibility index (Phi) is 6.53. The topological polar surface area (TPSA) is 58.4 Å². The van der Waals surface area contributed by atoms with Crippen molar-refractivity contribution in [3.8, 4) is 0 Å². The van der Waals surface area contributed by atoms with Crippen molar-refractivity contribution in [2.24, 2.45) is 5.73 Å². The Labute approximate surface area is 116 Å². The molecule has 1 aromatic carbocycles. The Bertz CT molecular complexity index is 406. The average Bonchev–Trinajstić information content (AvgIpc) is 2.38. The van der Waals surface area contributed by atoms with Crippen LogP contribution in [0.3, 0.4) is 0 Å². The predicted octanol–water partition coefficient (Wildman–Crippen LogP) is 1.49. The molecule has 3 N–H and O–H groups in total. The van der Waals surface area contributed by atoms with E-state index in [0.29, 0.717) is 13.1 Å². The lowest BCUT2D eigenvalue weighted by Crippen LogP contribution is -2.39. The first kappa shape index (κ1) is 15.7. The molecule has 0 aliphatic carbocycles. The molecule has 0 bridgehead atoms. The van der Waals surface area contributed by atoms with Crippen molar-refractivity contribution >= 4 is 5.91 Å². The molecule has 1 rings (SSSR count). The molecular formula is C15H25N3O. The van der Waals surface area contributed by atoms with Gasteiger partial charge in [0.25, 0.3) is 0 Å². The summed E-state index contributed by atoms with van der Waals surface area (Å²) in [7, 11) is 1.95. The van der Waals surface area contributed by atoms with E-state index in [4.69, 9.17) is 5.73 Å². The van der Waals surface area contributed by atoms with E-state index in [-0.39, 0.29) is 11.9 Å². The summed E-state index contributed by atoms with van der Waals surface area (Å²) in [5.41, 5.74) is 7.93. The first-order chi connectivity index (χ1) is 9.05. The van der Waals surface area contributed by atoms with Crippen LogP contribution < -0.4 is 11.1 Å². The molecule has 0 fully saturated rings. The molecule has 1 amide bonds. The number of rotatable bonds is 7. The third kappa shape index (κ3) is 5.85. The van der Waals surface area contributed by atoms with Gasteiger partial charge >= 0.3 is 0 Å². The van der Waals surface area contributed by atoms with E-state index in [9.17, 15) is 4.79 Å². The van der Waals surface area contributed by atoms with Crippen LogP contribution in [0.25, 0.3) is 0 Å². The van der Waals surface area contributed by atoms with E-state index in [2.05, 4.69) is 24.4 Å². The number of nitrogens with two attached hydrogens (primary N) is 1. The largest absolute Gasteiger partial charge is 0.353 e. The number of carbonyl (C=O) groups excluding carboxylic acids is 1. The number of amides is 1. The van der Waals surface area contributed by atoms with Gasteiger partial charge in [0, 0.05) is 19.1 Å². The summed E-state index contributed by atoms with van der Waals surface area (Å²) in [5.74, 6) is 0.0758. The number of benzene rings is 1. The zero-order chi connectivity index (χ0) is 14.3. The van der Waals surface area contributed by atoms with Crippen LogP contribution in [0.2, 0.25) is 0 Å². The number of likely N-dealkylation sites (N-methyl/N-ethyl adjacent to an activating group) is 1. The number of nitrogens with one attached hydrogen (secondary N) is 1. The van der Waals surface area contributed by atoms with E-state index < -0.39 is 0 Å². The van der Waals surface area contributed by atoms with Gasteiger partial charge in [0.1, 0.15) is 0 Å². The smallest absolute Gasteiger partial charge is 0.234 e. The summed E-state index contributed by atoms with van der Waals surface area (Å²) in [6, 6.07) is 8.40. The summed E-state index contributed by atoms with van der Waals surface area (Å²) in [6.07, 6.45) is 0.952. The molecule has 4 nitrogen and oxygen atoms in total. The molecular weight excluding hydrogens is 238 g/mol. The van der Waals surface area contributed by atoms with Gasteiger partial charge in [-0.2, -0.15) is 0 Å². The summed E-state index contributed by atoms with van der Waals surface area (Å²) >= 11 is 0. The van der Waals surface area contributed by atoms with E-state index in [1.165, 1.54) is 5.56 Å². The van der Waals surface area contributed by atoms with Crippen molar-refractivity contribution in [2.75, 3.05) is 13.6 Å². The molecule has 4 heteroatoms. The van der Waals surface area contributed by atoms with Crippen molar-refractivity contribution in [3.05, 3.63) is 35.4 Å². The zero-order valence-corrected chi connectivity index (χ0v) is 12.1. The molecule has 106 valence electrons. The molecule has 1 unspecified atom stereocenters. The van der Waals surface area contributed by atoms with Crippen LogP contribution in [0.4, 0.5) is 0 Å². The first-order valence-corrected chi connectivity index (χ1v) is 6.81. The molecule has 1 atom stereocenters. The molecule has 1 aromatic rings. The van der Waals surface area contributed by atoms with Gasteiger partial charge in [-0.05, 0) is 31.5 Å². The predicted molar refractivity (Wildman–Crippen MR) is 78.6 cm³/mol. The van der Waals surface area contributed by atoms with Gasteiger partial charge in [0.2, 0.25) is 5.91 Å². The highest BCUT2D eigenvalue weighted by Crippen LogP contribution is 2.07. The minimum absolute atomic E-state index is 0.0758. The van der Waals surface area contributed by atoms with Crippen LogP contribution in [-0.2, 0) is 17.9 Å². The molecule has 19 heavy (non-hydrogen) atoms. The Morgan fingerprint density at radius 3 is 2.74 bits per heavy atom. The summed E-state index contributed by atoms with van der Waals surface area (Å²) in [5, 5.41) is 2.97. The molecule has 0 aliphatic heterocycles. The van der Waals surface area contributed by atoms with Gasteiger partial charge < -0.3 is 11.1 Å². The maximum Gasteiger partial charge on any atom is 0.234 e. The fourth-order valence-corrected chi connectivity index (χ4v) is 1.89. The van der Waals surface area contributed by atoms with E-state index >= 15 is 0 Å². The first-order valence-electron chi connectivity index (χ1n) is 6.81. The standard InChI is InChI=1S/C15H25N3O/c1-4-12(2)17-15(19)11-18(3)10-14-7-5-6-13(8-14)9-16/h5-8,12H,4,9-11,16H2,1-3H3,(H,17,19). The minimum atomic E-state index is 0.0758. The second kappa shape index (κ2) is 7.92. The highest BCUT2D eigenvalue weighted by molar-refractivity contribution is 5.78. The van der Waals surface area contributed by atoms with Crippen molar-refractivity contribution in [2.45, 2.75) is 39.4 Å². The molecule has 0 saturated heterocycles. The summed E-state index contributed by atoms with van der Waals surface area (Å²) in [4.78, 5) is 13.8. The lowest BCUT2D eigenvalue weighted by molar-refractivity contribution is -0.122. The number of nitrogens with zero attached hydrogens (tertiary/aromatic N) is 1. The average molecular weight is 263 g/mol. The Morgan fingerprint density at radius 2 is 2.11 bits per heavy atom. The third-order valence-electron chi connectivity index (χ3n) is 3.11. The number of carbonyl (C=O) groups is 1. The SMILES string of the molecule is CCC(C)NC(=O)CN(C)Cc1cccc(CN)c1. The fourth-order valence-electron chi connectivity index (χ4n) is 1.89. The highest BCUT2D eigenvalue weighted by Gasteiger charge is 2.09. The lowest BCUT2D eigenvalue weighted by atomic mass is 10.1. The Morgan fingerprint density at radius 1 is 1.42 bits per heavy atom. The lowest BCUT2D eigenvalue weighted by Gasteiger charge is -2.18. The van der Waals surface area contributed by atoms with Gasteiger partial charge in [0.05, 0.1) is 6.54 Å². The third-order valence-corrected chi connectivity index (χ3v) is 3.11. The van der Waals surface area contributed by atoms with Gasteiger partial charge in [0.15, 0.2) is 0 Å². The Hall–Kier alpha value is -1.39. The molecule has 0 heterocycles. The summed E-state index contributed by atoms with van der Waals surface area (Å²) in [6.45, 7) is 5.79. The fraction of sp³-hybridized carbons (Fsp3) is 0.533. The molecule has 0 radical (unpaired) electrons. The van der Waals surface area contributed by atoms with Gasteiger partial charge in [-0.15, -0.1) is 0 Å². The van der Waals surface area contributed by atoms with E-state index in [0.717, 1.165) is 18.5 Å². The monoisotopic (exact) mass is 263 g/mol. The van der Waals surface area contributed by atoms with Crippen molar-refractivity contribution in [1.29, 1.82) is 0 Å². The molecule has 0 saturated carbocycles. The van der Waals surface area contributed by atoms with Gasteiger partial charge in [-0.3, -0.25) is 9.69 Å². The highest BCUT2D eigenvalue weighted by atomic mass is 16.2. The molecule has 0 aliphatic rings. The van der Waals surface area contributed by atoms with E-state index in [1.807, 2.05) is 31.0 Å². The van der Waals surface area contributed by atoms with Crippen LogP contribution in [0.15, 0.2) is 24.3 Å². The quantitative estimate of drug-likeness (QED) is 0.783. The van der Waals surface area contributed by atoms with Crippen molar-refractivity contribution in [3.63, 3.8) is 0 Å². The van der Waals surface area contributed by atoms with Crippen molar-refractivity contribution in [1.82, 2.24) is 10.2 Å². The second-order valence-electron chi connectivity index (χ2n) is 5.07. The molecule has 0 spiro atoms. The van der Waals surface area contributed by atoms with Crippen LogP contribution in [0.5, 0.6) is 0 Å². The maximum absolute atomic E-state index is 11.8. The zero-order valence-electron chi connectivity index (χ0n) is 12.1. The molecule has 0 aromatic heterocycles.